The third-order valence-electron chi connectivity index (χ3n) is 8.17. The quantitative estimate of drug-likeness (QED) is 0.561. The lowest BCUT2D eigenvalue weighted by Crippen LogP contribution is -2.56. The van der Waals surface area contributed by atoms with Crippen molar-refractivity contribution in [3.8, 4) is 0 Å². The summed E-state index contributed by atoms with van der Waals surface area (Å²) in [5, 5.41) is 5.89. The van der Waals surface area contributed by atoms with Crippen molar-refractivity contribution in [1.29, 1.82) is 0 Å². The number of benzene rings is 1. The summed E-state index contributed by atoms with van der Waals surface area (Å²) >= 11 is 0. The van der Waals surface area contributed by atoms with Gasteiger partial charge in [0.15, 0.2) is 0 Å². The number of hydrogen-bond acceptors (Lipinski definition) is 6. The first-order valence-corrected chi connectivity index (χ1v) is 14.6. The Morgan fingerprint density at radius 3 is 2.57 bits per heavy atom. The fourth-order valence-electron chi connectivity index (χ4n) is 6.20. The van der Waals surface area contributed by atoms with Gasteiger partial charge in [0.05, 0.1) is 11.5 Å². The van der Waals surface area contributed by atoms with Gasteiger partial charge in [0.2, 0.25) is 17.7 Å². The Morgan fingerprint density at radius 2 is 1.86 bits per heavy atom. The molecule has 1 spiro atoms. The predicted octanol–water partition coefficient (Wildman–Crippen LogP) is 4.28. The van der Waals surface area contributed by atoms with Gasteiger partial charge < -0.3 is 25.2 Å². The zero-order valence-electron chi connectivity index (χ0n) is 25.4. The van der Waals surface area contributed by atoms with Gasteiger partial charge in [-0.2, -0.15) is 0 Å². The van der Waals surface area contributed by atoms with Crippen LogP contribution in [0.15, 0.2) is 36.5 Å². The SMILES string of the molecule is CC(C)(C)OC(=O)N1CCC[C@H](N(CC(=O)Nc2ccc3c(c2)C[C@@]2(C3)C(=O)Nc3ncccc32)C(=O)C(C)(C)C)C1. The van der Waals surface area contributed by atoms with Gasteiger partial charge in [0.1, 0.15) is 18.0 Å². The van der Waals surface area contributed by atoms with Gasteiger partial charge in [0.25, 0.3) is 0 Å². The zero-order chi connectivity index (χ0) is 30.4. The fourth-order valence-corrected chi connectivity index (χ4v) is 6.20. The van der Waals surface area contributed by atoms with Crippen molar-refractivity contribution in [2.24, 2.45) is 5.41 Å². The van der Waals surface area contributed by atoms with E-state index in [2.05, 4.69) is 15.6 Å². The number of nitrogens with zero attached hydrogens (tertiary/aromatic N) is 3. The molecule has 2 N–H and O–H groups in total. The van der Waals surface area contributed by atoms with E-state index in [0.29, 0.717) is 50.3 Å². The van der Waals surface area contributed by atoms with Gasteiger partial charge in [0, 0.05) is 36.0 Å². The summed E-state index contributed by atoms with van der Waals surface area (Å²) in [5.74, 6) is 0.0922. The van der Waals surface area contributed by atoms with Crippen LogP contribution in [0.2, 0.25) is 0 Å². The number of pyridine rings is 1. The summed E-state index contributed by atoms with van der Waals surface area (Å²) in [5.41, 5.74) is 1.57. The van der Waals surface area contributed by atoms with Gasteiger partial charge in [-0.25, -0.2) is 9.78 Å². The second-order valence-electron chi connectivity index (χ2n) is 13.7. The number of piperidine rings is 1. The van der Waals surface area contributed by atoms with Crippen molar-refractivity contribution in [3.05, 3.63) is 53.2 Å². The van der Waals surface area contributed by atoms with Crippen molar-refractivity contribution < 1.29 is 23.9 Å². The number of carbonyl (C=O) groups excluding carboxylic acids is 4. The maximum Gasteiger partial charge on any atom is 0.410 e. The van der Waals surface area contributed by atoms with Gasteiger partial charge in [-0.05, 0) is 75.8 Å². The number of hydrogen-bond donors (Lipinski definition) is 2. The molecule has 1 aliphatic carbocycles. The lowest BCUT2D eigenvalue weighted by molar-refractivity contribution is -0.145. The van der Waals surface area contributed by atoms with Crippen LogP contribution in [0.4, 0.5) is 16.3 Å². The predicted molar refractivity (Wildman–Crippen MR) is 159 cm³/mol. The molecule has 224 valence electrons. The number of carbonyl (C=O) groups is 4. The van der Waals surface area contributed by atoms with E-state index in [-0.39, 0.29) is 30.3 Å². The standard InChI is InChI=1S/C32H41N5O5/c1-30(2,3)28(40)37(23-9-8-14-36(18-23)29(41)42-31(4,5)6)19-25(38)34-22-12-11-20-16-32(17-21(20)15-22)24-10-7-13-33-26(24)35-27(32)39/h7,10-13,15,23H,8-9,14,16-19H2,1-6H3,(H,34,38)(H,33,35,39)/t23-,32+/m0/s1. The van der Waals surface area contributed by atoms with Crippen LogP contribution >= 0.6 is 0 Å². The van der Waals surface area contributed by atoms with E-state index in [0.717, 1.165) is 16.7 Å². The minimum atomic E-state index is -0.705. The minimum Gasteiger partial charge on any atom is -0.444 e. The van der Waals surface area contributed by atoms with Gasteiger partial charge in [-0.3, -0.25) is 14.4 Å². The second kappa shape index (κ2) is 10.7. The Labute approximate surface area is 247 Å². The van der Waals surface area contributed by atoms with E-state index in [4.69, 9.17) is 4.74 Å². The average Bonchev–Trinajstić information content (AvgIpc) is 3.42. The highest BCUT2D eigenvalue weighted by molar-refractivity contribution is 6.06. The van der Waals surface area contributed by atoms with Crippen molar-refractivity contribution in [2.45, 2.75) is 84.3 Å². The summed E-state index contributed by atoms with van der Waals surface area (Å²) in [6.07, 6.45) is 3.75. The molecule has 5 rings (SSSR count). The number of fused-ring (bicyclic) bond motifs is 3. The Kier molecular flexibility index (Phi) is 7.53. The smallest absolute Gasteiger partial charge is 0.410 e. The molecule has 0 radical (unpaired) electrons. The number of amides is 4. The summed E-state index contributed by atoms with van der Waals surface area (Å²) in [7, 11) is 0. The molecule has 42 heavy (non-hydrogen) atoms. The fraction of sp³-hybridized carbons (Fsp3) is 0.531. The molecule has 1 aromatic heterocycles. The van der Waals surface area contributed by atoms with Crippen molar-refractivity contribution in [3.63, 3.8) is 0 Å². The lowest BCUT2D eigenvalue weighted by Gasteiger charge is -2.41. The highest BCUT2D eigenvalue weighted by Crippen LogP contribution is 2.47. The molecule has 10 nitrogen and oxygen atoms in total. The van der Waals surface area contributed by atoms with Crippen LogP contribution in [-0.2, 0) is 37.4 Å². The molecule has 2 aliphatic heterocycles. The van der Waals surface area contributed by atoms with Gasteiger partial charge in [-0.1, -0.05) is 32.9 Å². The molecular weight excluding hydrogens is 534 g/mol. The monoisotopic (exact) mass is 575 g/mol. The highest BCUT2D eigenvalue weighted by Gasteiger charge is 2.51. The van der Waals surface area contributed by atoms with Crippen LogP contribution in [0.5, 0.6) is 0 Å². The first kappa shape index (κ1) is 29.5. The van der Waals surface area contributed by atoms with E-state index < -0.39 is 22.5 Å². The highest BCUT2D eigenvalue weighted by atomic mass is 16.6. The molecule has 1 fully saturated rings. The molecule has 1 saturated heterocycles. The molecule has 1 aromatic carbocycles. The third kappa shape index (κ3) is 5.84. The average molecular weight is 576 g/mol. The molecule has 0 saturated carbocycles. The number of aromatic nitrogens is 1. The molecule has 0 bridgehead atoms. The third-order valence-corrected chi connectivity index (χ3v) is 8.17. The number of ether oxygens (including phenoxy) is 1. The van der Waals surface area contributed by atoms with Crippen molar-refractivity contribution in [2.75, 3.05) is 30.3 Å². The Balaban J connectivity index is 1.30. The Morgan fingerprint density at radius 1 is 1.12 bits per heavy atom. The zero-order valence-corrected chi connectivity index (χ0v) is 25.4. The lowest BCUT2D eigenvalue weighted by atomic mass is 9.79. The molecule has 0 unspecified atom stereocenters. The molecule has 2 atom stereocenters. The largest absolute Gasteiger partial charge is 0.444 e. The first-order chi connectivity index (χ1) is 19.7. The number of rotatable bonds is 4. The number of likely N-dealkylation sites (tertiary alicyclic amines) is 1. The van der Waals surface area contributed by atoms with Crippen LogP contribution in [-0.4, -0.2) is 69.9 Å². The van der Waals surface area contributed by atoms with Crippen LogP contribution in [0, 0.1) is 5.41 Å². The van der Waals surface area contributed by atoms with Crippen LogP contribution < -0.4 is 10.6 Å². The van der Waals surface area contributed by atoms with Crippen LogP contribution in [0.3, 0.4) is 0 Å². The minimum absolute atomic E-state index is 0.0535. The van der Waals surface area contributed by atoms with E-state index in [1.54, 1.807) is 16.0 Å². The molecule has 2 aromatic rings. The van der Waals surface area contributed by atoms with Gasteiger partial charge in [-0.15, -0.1) is 0 Å². The molecule has 10 heteroatoms. The molecule has 3 heterocycles. The number of anilines is 2. The second-order valence-corrected chi connectivity index (χ2v) is 13.7. The summed E-state index contributed by atoms with van der Waals surface area (Å²) in [4.78, 5) is 60.3. The molecular formula is C32H41N5O5. The normalized spacial score (nSPS) is 21.4. The van der Waals surface area contributed by atoms with Crippen molar-refractivity contribution in [1.82, 2.24) is 14.8 Å². The number of nitrogens with one attached hydrogen (secondary N) is 2. The van der Waals surface area contributed by atoms with Crippen LogP contribution in [0.1, 0.15) is 71.1 Å². The maximum absolute atomic E-state index is 13.6. The van der Waals surface area contributed by atoms with Gasteiger partial charge >= 0.3 is 6.09 Å². The summed E-state index contributed by atoms with van der Waals surface area (Å²) in [6.45, 7) is 11.7. The molecule has 3 aliphatic rings. The maximum atomic E-state index is 13.6. The molecule has 4 amide bonds. The van der Waals surface area contributed by atoms with E-state index in [1.165, 1.54) is 0 Å². The summed E-state index contributed by atoms with van der Waals surface area (Å²) in [6, 6.07) is 9.21. The summed E-state index contributed by atoms with van der Waals surface area (Å²) < 4.78 is 5.57. The van der Waals surface area contributed by atoms with Crippen LogP contribution in [0.25, 0.3) is 0 Å². The van der Waals surface area contributed by atoms with E-state index in [1.807, 2.05) is 71.9 Å². The first-order valence-electron chi connectivity index (χ1n) is 14.6. The topological polar surface area (TPSA) is 121 Å². The van der Waals surface area contributed by atoms with E-state index >= 15 is 0 Å². The van der Waals surface area contributed by atoms with E-state index in [9.17, 15) is 19.2 Å². The Hall–Kier alpha value is -3.95. The van der Waals surface area contributed by atoms with Crippen molar-refractivity contribution >= 4 is 35.3 Å². The Bertz CT molecular complexity index is 1430.